The minimum absolute atomic E-state index is 0.0342. The van der Waals surface area contributed by atoms with Gasteiger partial charge in [0.05, 0.1) is 6.61 Å². The lowest BCUT2D eigenvalue weighted by atomic mass is 9.91. The molecule has 34 heavy (non-hydrogen) atoms. The summed E-state index contributed by atoms with van der Waals surface area (Å²) in [5, 5.41) is 22.6. The summed E-state index contributed by atoms with van der Waals surface area (Å²) in [6.07, 6.45) is 3.98. The van der Waals surface area contributed by atoms with E-state index in [0.29, 0.717) is 22.2 Å². The van der Waals surface area contributed by atoms with Gasteiger partial charge in [-0.1, -0.05) is 51.8 Å². The number of thioether (sulfide) groups is 1. The number of aliphatic hydroxyl groups excluding tert-OH is 2. The molecule has 3 heterocycles. The molecule has 0 aromatic carbocycles. The second kappa shape index (κ2) is 10.0. The number of imidazole rings is 1. The molecule has 2 aromatic rings. The molecule has 0 amide bonds. The van der Waals surface area contributed by atoms with Gasteiger partial charge in [0.2, 0.25) is 0 Å². The standard InChI is InChI=1S/C23H39N5O4SSi/c1-23(2,3)34(4,5)31-11-15-17(29)18(30)21(32-15)28-20-16(19(24)25-13-26-20)27-22(28)33-12-14-9-7-6-8-10-14/h13-15,17-18,21,29-30H,6-12H2,1-5H3,(H2,24,25,26)/t15-,17-,18-,21-/m1/s1. The first kappa shape index (κ1) is 25.8. The van der Waals surface area contributed by atoms with E-state index < -0.39 is 32.9 Å². The number of nitrogens with zero attached hydrogens (tertiary/aromatic N) is 4. The molecule has 2 fully saturated rings. The lowest BCUT2D eigenvalue weighted by Crippen LogP contribution is -2.44. The van der Waals surface area contributed by atoms with Crippen LogP contribution in [0.4, 0.5) is 5.82 Å². The molecule has 2 aliphatic rings. The third-order valence-electron chi connectivity index (χ3n) is 7.65. The van der Waals surface area contributed by atoms with Gasteiger partial charge in [0.1, 0.15) is 24.6 Å². The van der Waals surface area contributed by atoms with Crippen molar-refractivity contribution in [3.63, 3.8) is 0 Å². The molecule has 4 atom stereocenters. The molecule has 0 radical (unpaired) electrons. The highest BCUT2D eigenvalue weighted by molar-refractivity contribution is 7.99. The molecule has 0 unspecified atom stereocenters. The molecule has 1 saturated carbocycles. The fourth-order valence-electron chi connectivity index (χ4n) is 4.37. The Balaban J connectivity index is 1.58. The normalized spacial score (nSPS) is 27.0. The first-order valence-corrected chi connectivity index (χ1v) is 16.2. The van der Waals surface area contributed by atoms with Crippen molar-refractivity contribution >= 4 is 37.1 Å². The summed E-state index contributed by atoms with van der Waals surface area (Å²) in [6.45, 7) is 11.0. The van der Waals surface area contributed by atoms with Crippen LogP contribution in [-0.2, 0) is 9.16 Å². The first-order chi connectivity index (χ1) is 16.0. The van der Waals surface area contributed by atoms with E-state index in [1.54, 1.807) is 16.3 Å². The van der Waals surface area contributed by atoms with Crippen LogP contribution in [-0.4, -0.2) is 68.7 Å². The number of rotatable bonds is 7. The molecule has 1 saturated heterocycles. The highest BCUT2D eigenvalue weighted by atomic mass is 32.2. The van der Waals surface area contributed by atoms with Gasteiger partial charge in [-0.05, 0) is 36.9 Å². The van der Waals surface area contributed by atoms with Gasteiger partial charge in [-0.3, -0.25) is 4.57 Å². The van der Waals surface area contributed by atoms with Gasteiger partial charge in [-0.2, -0.15) is 0 Å². The van der Waals surface area contributed by atoms with Crippen LogP contribution in [0.5, 0.6) is 0 Å². The highest BCUT2D eigenvalue weighted by Crippen LogP contribution is 2.40. The van der Waals surface area contributed by atoms with Gasteiger partial charge in [0, 0.05) is 5.75 Å². The maximum atomic E-state index is 11.0. The van der Waals surface area contributed by atoms with E-state index in [0.717, 1.165) is 5.75 Å². The lowest BCUT2D eigenvalue weighted by molar-refractivity contribution is -0.0529. The molecular formula is C23H39N5O4SSi. The van der Waals surface area contributed by atoms with Crippen molar-refractivity contribution in [2.45, 2.75) is 101 Å². The maximum Gasteiger partial charge on any atom is 0.192 e. The number of ether oxygens (including phenoxy) is 1. The third-order valence-corrected chi connectivity index (χ3v) is 13.3. The van der Waals surface area contributed by atoms with Crippen molar-refractivity contribution in [2.24, 2.45) is 5.92 Å². The topological polar surface area (TPSA) is 129 Å². The smallest absolute Gasteiger partial charge is 0.192 e. The Kier molecular flexibility index (Phi) is 7.61. The number of hydrogen-bond donors (Lipinski definition) is 3. The molecule has 190 valence electrons. The summed E-state index contributed by atoms with van der Waals surface area (Å²) in [5.74, 6) is 1.86. The van der Waals surface area contributed by atoms with E-state index in [-0.39, 0.29) is 17.5 Å². The molecule has 1 aliphatic carbocycles. The summed E-state index contributed by atoms with van der Waals surface area (Å²) in [4.78, 5) is 13.2. The molecule has 4 N–H and O–H groups in total. The fraction of sp³-hybridized carbons (Fsp3) is 0.783. The van der Waals surface area contributed by atoms with Crippen LogP contribution in [0.1, 0.15) is 59.1 Å². The number of nitrogen functional groups attached to an aromatic ring is 1. The molecule has 11 heteroatoms. The second-order valence-corrected chi connectivity index (χ2v) is 16.9. The van der Waals surface area contributed by atoms with Crippen molar-refractivity contribution in [3.05, 3.63) is 6.33 Å². The van der Waals surface area contributed by atoms with Crippen LogP contribution >= 0.6 is 11.8 Å². The Bertz CT molecular complexity index is 992. The number of fused-ring (bicyclic) bond motifs is 1. The second-order valence-electron chi connectivity index (χ2n) is 11.1. The van der Waals surface area contributed by atoms with Gasteiger partial charge < -0.3 is 25.1 Å². The Morgan fingerprint density at radius 2 is 1.88 bits per heavy atom. The highest BCUT2D eigenvalue weighted by Gasteiger charge is 2.47. The van der Waals surface area contributed by atoms with Crippen LogP contribution in [0.25, 0.3) is 11.2 Å². The minimum atomic E-state index is -2.04. The number of nitrogens with two attached hydrogens (primary N) is 1. The Hall–Kier alpha value is -1.24. The van der Waals surface area contributed by atoms with Gasteiger partial charge in [-0.15, -0.1) is 0 Å². The zero-order valence-electron chi connectivity index (χ0n) is 20.9. The Morgan fingerprint density at radius 3 is 2.56 bits per heavy atom. The van der Waals surface area contributed by atoms with Crippen LogP contribution in [0.2, 0.25) is 18.1 Å². The van der Waals surface area contributed by atoms with E-state index in [4.69, 9.17) is 19.9 Å². The fourth-order valence-corrected chi connectivity index (χ4v) is 6.59. The zero-order chi connectivity index (χ0) is 24.7. The SMILES string of the molecule is CC(C)(C)[Si](C)(C)OC[C@H]1O[C@@H](n2c(SCC3CCCCC3)nc3c(N)ncnc32)[C@H](O)[C@@H]1O. The number of aromatic nitrogens is 4. The Labute approximate surface area is 207 Å². The van der Waals surface area contributed by atoms with Gasteiger partial charge >= 0.3 is 0 Å². The average molecular weight is 510 g/mol. The van der Waals surface area contributed by atoms with Gasteiger partial charge in [-0.25, -0.2) is 15.0 Å². The molecular weight excluding hydrogens is 470 g/mol. The minimum Gasteiger partial charge on any atom is -0.414 e. The average Bonchev–Trinajstić information content (AvgIpc) is 3.29. The number of aliphatic hydroxyl groups is 2. The molecule has 4 rings (SSSR count). The van der Waals surface area contributed by atoms with Gasteiger partial charge in [0.15, 0.2) is 36.7 Å². The van der Waals surface area contributed by atoms with Crippen molar-refractivity contribution < 1.29 is 19.4 Å². The molecule has 0 bridgehead atoms. The van der Waals surface area contributed by atoms with E-state index in [2.05, 4.69) is 43.8 Å². The van der Waals surface area contributed by atoms with Gasteiger partial charge in [0.25, 0.3) is 0 Å². The number of anilines is 1. The van der Waals surface area contributed by atoms with Crippen LogP contribution in [0.3, 0.4) is 0 Å². The molecule has 2 aromatic heterocycles. The predicted molar refractivity (Wildman–Crippen MR) is 136 cm³/mol. The van der Waals surface area contributed by atoms with E-state index in [9.17, 15) is 10.2 Å². The molecule has 1 aliphatic heterocycles. The van der Waals surface area contributed by atoms with Crippen molar-refractivity contribution in [2.75, 3.05) is 18.1 Å². The van der Waals surface area contributed by atoms with E-state index in [1.165, 1.54) is 38.4 Å². The van der Waals surface area contributed by atoms with E-state index >= 15 is 0 Å². The summed E-state index contributed by atoms with van der Waals surface area (Å²) in [7, 11) is -2.04. The maximum absolute atomic E-state index is 11.0. The van der Waals surface area contributed by atoms with Crippen molar-refractivity contribution in [1.29, 1.82) is 0 Å². The van der Waals surface area contributed by atoms with Crippen molar-refractivity contribution in [3.8, 4) is 0 Å². The predicted octanol–water partition coefficient (Wildman–Crippen LogP) is 3.72. The summed E-state index contributed by atoms with van der Waals surface area (Å²) < 4.78 is 14.3. The number of hydrogen-bond acceptors (Lipinski definition) is 9. The first-order valence-electron chi connectivity index (χ1n) is 12.3. The van der Waals surface area contributed by atoms with E-state index in [1.807, 2.05) is 0 Å². The molecule has 9 nitrogen and oxygen atoms in total. The zero-order valence-corrected chi connectivity index (χ0v) is 22.7. The molecule has 0 spiro atoms. The van der Waals surface area contributed by atoms with Crippen LogP contribution in [0.15, 0.2) is 11.5 Å². The monoisotopic (exact) mass is 509 g/mol. The quantitative estimate of drug-likeness (QED) is 0.378. The Morgan fingerprint density at radius 1 is 1.18 bits per heavy atom. The lowest BCUT2D eigenvalue weighted by Gasteiger charge is -2.37. The largest absolute Gasteiger partial charge is 0.414 e. The third kappa shape index (κ3) is 5.14. The van der Waals surface area contributed by atoms with Crippen molar-refractivity contribution in [1.82, 2.24) is 19.5 Å². The van der Waals surface area contributed by atoms with Crippen LogP contribution in [0, 0.1) is 5.92 Å². The summed E-state index contributed by atoms with van der Waals surface area (Å²) >= 11 is 1.63. The van der Waals surface area contributed by atoms with Crippen LogP contribution < -0.4 is 5.73 Å². The summed E-state index contributed by atoms with van der Waals surface area (Å²) in [5.41, 5.74) is 7.08. The summed E-state index contributed by atoms with van der Waals surface area (Å²) in [6, 6.07) is 0.